The van der Waals surface area contributed by atoms with Crippen LogP contribution in [0.4, 0.5) is 11.4 Å². The molecule has 1 unspecified atom stereocenters. The van der Waals surface area contributed by atoms with E-state index in [1.165, 1.54) is 6.07 Å². The largest absolute Gasteiger partial charge is 0.375 e. The summed E-state index contributed by atoms with van der Waals surface area (Å²) in [7, 11) is 0. The normalized spacial score (nSPS) is 17.0. The van der Waals surface area contributed by atoms with E-state index < -0.39 is 4.92 Å². The number of nitrogens with one attached hydrogen (secondary N) is 1. The van der Waals surface area contributed by atoms with Crippen LogP contribution in [0.5, 0.6) is 0 Å². The van der Waals surface area contributed by atoms with E-state index >= 15 is 0 Å². The highest BCUT2D eigenvalue weighted by Gasteiger charge is 2.24. The van der Waals surface area contributed by atoms with Gasteiger partial charge in [-0.05, 0) is 36.5 Å². The second-order valence-corrected chi connectivity index (χ2v) is 6.83. The molecule has 136 valence electrons. The Kier molecular flexibility index (Phi) is 5.51. The lowest BCUT2D eigenvalue weighted by atomic mass is 9.99. The van der Waals surface area contributed by atoms with Crippen LogP contribution in [0.1, 0.15) is 35.7 Å². The molecule has 1 saturated heterocycles. The van der Waals surface area contributed by atoms with Gasteiger partial charge in [-0.2, -0.15) is 0 Å². The molecule has 0 saturated carbocycles. The second-order valence-electron chi connectivity index (χ2n) is 6.83. The maximum atomic E-state index is 12.7. The van der Waals surface area contributed by atoms with Crippen molar-refractivity contribution >= 4 is 17.3 Å². The minimum absolute atomic E-state index is 0.0724. The molecule has 0 aliphatic carbocycles. The van der Waals surface area contributed by atoms with Crippen molar-refractivity contribution in [2.45, 2.75) is 26.3 Å². The van der Waals surface area contributed by atoms with Crippen LogP contribution < -0.4 is 5.32 Å². The van der Waals surface area contributed by atoms with Gasteiger partial charge in [-0.3, -0.25) is 14.9 Å². The molecule has 1 atom stereocenters. The van der Waals surface area contributed by atoms with Crippen molar-refractivity contribution in [2.24, 2.45) is 5.92 Å². The molecule has 26 heavy (non-hydrogen) atoms. The summed E-state index contributed by atoms with van der Waals surface area (Å²) >= 11 is 0. The van der Waals surface area contributed by atoms with Crippen LogP contribution in [-0.4, -0.2) is 28.8 Å². The molecular formula is C20H23N3O3. The summed E-state index contributed by atoms with van der Waals surface area (Å²) in [5, 5.41) is 14.6. The Bertz CT molecular complexity index is 792. The summed E-state index contributed by atoms with van der Waals surface area (Å²) in [6, 6.07) is 14.4. The second kappa shape index (κ2) is 7.99. The molecule has 1 aliphatic heterocycles. The summed E-state index contributed by atoms with van der Waals surface area (Å²) in [6.45, 7) is 4.03. The molecule has 1 fully saturated rings. The molecule has 1 aliphatic rings. The van der Waals surface area contributed by atoms with Crippen molar-refractivity contribution in [1.82, 2.24) is 4.90 Å². The van der Waals surface area contributed by atoms with Gasteiger partial charge in [-0.25, -0.2) is 0 Å². The number of nitro benzene ring substituents is 1. The SMILES string of the molecule is CC1CCCN(C(=O)c2ccc(NCc3ccccc3)c([N+](=O)[O-])c2)C1. The van der Waals surface area contributed by atoms with Crippen molar-refractivity contribution in [2.75, 3.05) is 18.4 Å². The van der Waals surface area contributed by atoms with Gasteiger partial charge in [0, 0.05) is 31.3 Å². The Morgan fingerprint density at radius 2 is 2.04 bits per heavy atom. The number of hydrogen-bond donors (Lipinski definition) is 1. The van der Waals surface area contributed by atoms with Gasteiger partial charge in [0.25, 0.3) is 11.6 Å². The fraction of sp³-hybridized carbons (Fsp3) is 0.350. The lowest BCUT2D eigenvalue weighted by Crippen LogP contribution is -2.39. The Morgan fingerprint density at radius 3 is 2.73 bits per heavy atom. The third-order valence-corrected chi connectivity index (χ3v) is 4.71. The van der Waals surface area contributed by atoms with Gasteiger partial charge in [0.1, 0.15) is 5.69 Å². The third kappa shape index (κ3) is 4.20. The number of hydrogen-bond acceptors (Lipinski definition) is 4. The molecule has 0 aromatic heterocycles. The fourth-order valence-corrected chi connectivity index (χ4v) is 3.31. The fourth-order valence-electron chi connectivity index (χ4n) is 3.31. The summed E-state index contributed by atoms with van der Waals surface area (Å²) in [5.41, 5.74) is 1.75. The Morgan fingerprint density at radius 1 is 1.27 bits per heavy atom. The van der Waals surface area contributed by atoms with Crippen LogP contribution in [0.25, 0.3) is 0 Å². The molecule has 1 N–H and O–H groups in total. The predicted molar refractivity (Wildman–Crippen MR) is 101 cm³/mol. The zero-order chi connectivity index (χ0) is 18.5. The first kappa shape index (κ1) is 17.9. The average Bonchev–Trinajstić information content (AvgIpc) is 2.66. The minimum Gasteiger partial charge on any atom is -0.375 e. The van der Waals surface area contributed by atoms with Gasteiger partial charge in [0.2, 0.25) is 0 Å². The number of likely N-dealkylation sites (tertiary alicyclic amines) is 1. The monoisotopic (exact) mass is 353 g/mol. The van der Waals surface area contributed by atoms with Gasteiger partial charge in [-0.15, -0.1) is 0 Å². The first-order chi connectivity index (χ1) is 12.5. The molecule has 1 amide bonds. The summed E-state index contributed by atoms with van der Waals surface area (Å²) in [6.07, 6.45) is 2.10. The van der Waals surface area contributed by atoms with E-state index in [4.69, 9.17) is 0 Å². The quantitative estimate of drug-likeness (QED) is 0.649. The summed E-state index contributed by atoms with van der Waals surface area (Å²) in [5.74, 6) is 0.337. The molecule has 0 spiro atoms. The van der Waals surface area contributed by atoms with Gasteiger partial charge in [0.05, 0.1) is 4.92 Å². The number of rotatable bonds is 5. The molecule has 2 aromatic carbocycles. The van der Waals surface area contributed by atoms with Crippen LogP contribution >= 0.6 is 0 Å². The molecule has 6 heteroatoms. The Hall–Kier alpha value is -2.89. The van der Waals surface area contributed by atoms with Crippen molar-refractivity contribution in [3.63, 3.8) is 0 Å². The minimum atomic E-state index is -0.442. The smallest absolute Gasteiger partial charge is 0.293 e. The number of anilines is 1. The molecule has 1 heterocycles. The van der Waals surface area contributed by atoms with Crippen LogP contribution in [0.3, 0.4) is 0 Å². The van der Waals surface area contributed by atoms with Gasteiger partial charge < -0.3 is 10.2 Å². The number of nitro groups is 1. The number of benzene rings is 2. The zero-order valence-corrected chi connectivity index (χ0v) is 14.9. The molecule has 3 rings (SSSR count). The topological polar surface area (TPSA) is 75.5 Å². The van der Waals surface area contributed by atoms with Crippen molar-refractivity contribution in [3.8, 4) is 0 Å². The first-order valence-corrected chi connectivity index (χ1v) is 8.90. The van der Waals surface area contributed by atoms with E-state index in [0.717, 1.165) is 18.4 Å². The third-order valence-electron chi connectivity index (χ3n) is 4.71. The lowest BCUT2D eigenvalue weighted by molar-refractivity contribution is -0.384. The van der Waals surface area contributed by atoms with E-state index in [1.807, 2.05) is 30.3 Å². The number of amides is 1. The highest BCUT2D eigenvalue weighted by atomic mass is 16.6. The first-order valence-electron chi connectivity index (χ1n) is 8.90. The number of nitrogens with zero attached hydrogens (tertiary/aromatic N) is 2. The maximum Gasteiger partial charge on any atom is 0.293 e. The standard InChI is InChI=1S/C20H23N3O3/c1-15-6-5-11-22(14-15)20(24)17-9-10-18(19(12-17)23(25)26)21-13-16-7-3-2-4-8-16/h2-4,7-10,12,15,21H,5-6,11,13-14H2,1H3. The van der Waals surface area contributed by atoms with E-state index in [2.05, 4.69) is 12.2 Å². The van der Waals surface area contributed by atoms with Gasteiger partial charge in [-0.1, -0.05) is 37.3 Å². The number of carbonyl (C=O) groups excluding carboxylic acids is 1. The molecule has 2 aromatic rings. The zero-order valence-electron chi connectivity index (χ0n) is 14.9. The van der Waals surface area contributed by atoms with Crippen molar-refractivity contribution in [3.05, 3.63) is 69.8 Å². The Balaban J connectivity index is 1.78. The van der Waals surface area contributed by atoms with Crippen LogP contribution in [0.15, 0.2) is 48.5 Å². The van der Waals surface area contributed by atoms with Crippen molar-refractivity contribution < 1.29 is 9.72 Å². The van der Waals surface area contributed by atoms with E-state index in [-0.39, 0.29) is 11.6 Å². The Labute approximate surface area is 153 Å². The van der Waals surface area contributed by atoms with E-state index in [9.17, 15) is 14.9 Å². The van der Waals surface area contributed by atoms with Crippen molar-refractivity contribution in [1.29, 1.82) is 0 Å². The average molecular weight is 353 g/mol. The summed E-state index contributed by atoms with van der Waals surface area (Å²) in [4.78, 5) is 25.5. The summed E-state index contributed by atoms with van der Waals surface area (Å²) < 4.78 is 0. The van der Waals surface area contributed by atoms with Gasteiger partial charge >= 0.3 is 0 Å². The molecule has 0 bridgehead atoms. The number of piperidine rings is 1. The molecule has 0 radical (unpaired) electrons. The molecule has 6 nitrogen and oxygen atoms in total. The molecular weight excluding hydrogens is 330 g/mol. The van der Waals surface area contributed by atoms with Crippen LogP contribution in [0, 0.1) is 16.0 Å². The van der Waals surface area contributed by atoms with Crippen LogP contribution in [0.2, 0.25) is 0 Å². The highest BCUT2D eigenvalue weighted by Crippen LogP contribution is 2.27. The van der Waals surface area contributed by atoms with Crippen LogP contribution in [-0.2, 0) is 6.54 Å². The van der Waals surface area contributed by atoms with E-state index in [0.29, 0.717) is 36.8 Å². The lowest BCUT2D eigenvalue weighted by Gasteiger charge is -2.31. The maximum absolute atomic E-state index is 12.7. The van der Waals surface area contributed by atoms with E-state index in [1.54, 1.807) is 17.0 Å². The number of carbonyl (C=O) groups is 1. The predicted octanol–water partition coefficient (Wildman–Crippen LogP) is 4.08. The van der Waals surface area contributed by atoms with Gasteiger partial charge in [0.15, 0.2) is 0 Å². The highest BCUT2D eigenvalue weighted by molar-refractivity contribution is 5.95.